The molecule has 1 aliphatic carbocycles. The maximum absolute atomic E-state index is 6.06. The zero-order valence-electron chi connectivity index (χ0n) is 7.05. The molecule has 1 aromatic rings. The molecular weight excluding hydrogens is 188 g/mol. The van der Waals surface area contributed by atoms with Gasteiger partial charge in [-0.05, 0) is 36.1 Å². The highest BCUT2D eigenvalue weighted by Gasteiger charge is 2.24. The monoisotopic (exact) mass is 196 g/mol. The first-order valence-electron chi connectivity index (χ1n) is 4.38. The summed E-state index contributed by atoms with van der Waals surface area (Å²) in [6.07, 6.45) is 1.90. The number of halogens is 1. The highest BCUT2D eigenvalue weighted by molar-refractivity contribution is 6.21. The standard InChI is InChI=1S/C10H9ClO2/c11-8-1-6-3-9-10(13-5-12-9)4-7(6)2-8/h3-4,8H,1-2,5H2. The Morgan fingerprint density at radius 1 is 1.08 bits per heavy atom. The van der Waals surface area contributed by atoms with Gasteiger partial charge in [0.25, 0.3) is 0 Å². The summed E-state index contributed by atoms with van der Waals surface area (Å²) in [6, 6.07) is 4.11. The third-order valence-electron chi connectivity index (χ3n) is 2.58. The Hall–Kier alpha value is -0.890. The summed E-state index contributed by atoms with van der Waals surface area (Å²) in [7, 11) is 0. The summed E-state index contributed by atoms with van der Waals surface area (Å²) in [6.45, 7) is 0.350. The predicted octanol–water partition coefficient (Wildman–Crippen LogP) is 2.12. The second-order valence-corrected chi connectivity index (χ2v) is 4.10. The number of alkyl halides is 1. The smallest absolute Gasteiger partial charge is 0.231 e. The number of fused-ring (bicyclic) bond motifs is 2. The molecule has 0 amide bonds. The van der Waals surface area contributed by atoms with Gasteiger partial charge in [-0.1, -0.05) is 0 Å². The van der Waals surface area contributed by atoms with Crippen LogP contribution in [0.1, 0.15) is 11.1 Å². The van der Waals surface area contributed by atoms with Gasteiger partial charge in [0, 0.05) is 5.38 Å². The largest absolute Gasteiger partial charge is 0.454 e. The molecule has 1 heterocycles. The van der Waals surface area contributed by atoms with Crippen LogP contribution in [0.4, 0.5) is 0 Å². The van der Waals surface area contributed by atoms with Gasteiger partial charge in [-0.3, -0.25) is 0 Å². The lowest BCUT2D eigenvalue weighted by Gasteiger charge is -2.00. The fourth-order valence-electron chi connectivity index (χ4n) is 1.96. The molecule has 0 radical (unpaired) electrons. The van der Waals surface area contributed by atoms with Gasteiger partial charge in [0.1, 0.15) is 0 Å². The summed E-state index contributed by atoms with van der Waals surface area (Å²) >= 11 is 6.06. The van der Waals surface area contributed by atoms with E-state index in [9.17, 15) is 0 Å². The topological polar surface area (TPSA) is 18.5 Å². The quantitative estimate of drug-likeness (QED) is 0.592. The first-order valence-corrected chi connectivity index (χ1v) is 4.82. The van der Waals surface area contributed by atoms with E-state index in [1.165, 1.54) is 11.1 Å². The Balaban J connectivity index is 2.10. The Morgan fingerprint density at radius 3 is 2.15 bits per heavy atom. The van der Waals surface area contributed by atoms with Crippen LogP contribution in [-0.4, -0.2) is 12.2 Å². The minimum atomic E-state index is 0.248. The third kappa shape index (κ3) is 1.09. The van der Waals surface area contributed by atoms with Gasteiger partial charge in [0.05, 0.1) is 0 Å². The summed E-state index contributed by atoms with van der Waals surface area (Å²) < 4.78 is 10.6. The van der Waals surface area contributed by atoms with E-state index in [0.717, 1.165) is 24.3 Å². The SMILES string of the molecule is ClC1Cc2cc3c(cc2C1)OCO3. The third-order valence-corrected chi connectivity index (χ3v) is 2.89. The second kappa shape index (κ2) is 2.55. The predicted molar refractivity (Wildman–Crippen MR) is 49.6 cm³/mol. The van der Waals surface area contributed by atoms with Crippen molar-refractivity contribution in [1.29, 1.82) is 0 Å². The maximum atomic E-state index is 6.06. The van der Waals surface area contributed by atoms with Crippen LogP contribution >= 0.6 is 11.6 Å². The number of rotatable bonds is 0. The van der Waals surface area contributed by atoms with E-state index in [1.54, 1.807) is 0 Å². The maximum Gasteiger partial charge on any atom is 0.231 e. The first kappa shape index (κ1) is 7.51. The number of ether oxygens (including phenoxy) is 2. The lowest BCUT2D eigenvalue weighted by Crippen LogP contribution is -1.95. The lowest BCUT2D eigenvalue weighted by atomic mass is 10.1. The van der Waals surface area contributed by atoms with Crippen LogP contribution in [0, 0.1) is 0 Å². The summed E-state index contributed by atoms with van der Waals surface area (Å²) in [5.41, 5.74) is 2.62. The molecule has 0 saturated carbocycles. The Bertz CT molecular complexity index is 329. The Morgan fingerprint density at radius 2 is 1.62 bits per heavy atom. The first-order chi connectivity index (χ1) is 6.33. The van der Waals surface area contributed by atoms with Gasteiger partial charge in [-0.25, -0.2) is 0 Å². The molecule has 0 saturated heterocycles. The van der Waals surface area contributed by atoms with Gasteiger partial charge in [-0.15, -0.1) is 11.6 Å². The average Bonchev–Trinajstić information content (AvgIpc) is 2.63. The van der Waals surface area contributed by atoms with Crippen molar-refractivity contribution in [3.63, 3.8) is 0 Å². The van der Waals surface area contributed by atoms with E-state index >= 15 is 0 Å². The molecule has 0 spiro atoms. The van der Waals surface area contributed by atoms with Crippen LogP contribution in [-0.2, 0) is 12.8 Å². The van der Waals surface area contributed by atoms with Gasteiger partial charge < -0.3 is 9.47 Å². The van der Waals surface area contributed by atoms with Gasteiger partial charge >= 0.3 is 0 Å². The molecule has 3 heteroatoms. The lowest BCUT2D eigenvalue weighted by molar-refractivity contribution is 0.174. The number of hydrogen-bond acceptors (Lipinski definition) is 2. The van der Waals surface area contributed by atoms with Crippen LogP contribution in [0.15, 0.2) is 12.1 Å². The van der Waals surface area contributed by atoms with Crippen molar-refractivity contribution < 1.29 is 9.47 Å². The fraction of sp³-hybridized carbons (Fsp3) is 0.400. The molecule has 0 fully saturated rings. The summed E-state index contributed by atoms with van der Waals surface area (Å²) in [5.74, 6) is 1.73. The molecule has 68 valence electrons. The molecule has 2 aliphatic rings. The summed E-state index contributed by atoms with van der Waals surface area (Å²) in [4.78, 5) is 0. The van der Waals surface area contributed by atoms with Crippen molar-refractivity contribution in [3.05, 3.63) is 23.3 Å². The van der Waals surface area contributed by atoms with Crippen molar-refractivity contribution >= 4 is 11.6 Å². The van der Waals surface area contributed by atoms with Crippen molar-refractivity contribution in [1.82, 2.24) is 0 Å². The molecule has 1 aliphatic heterocycles. The van der Waals surface area contributed by atoms with Gasteiger partial charge in [0.15, 0.2) is 11.5 Å². The van der Waals surface area contributed by atoms with E-state index in [2.05, 4.69) is 12.1 Å². The van der Waals surface area contributed by atoms with Crippen molar-refractivity contribution in [3.8, 4) is 11.5 Å². The van der Waals surface area contributed by atoms with E-state index in [4.69, 9.17) is 21.1 Å². The van der Waals surface area contributed by atoms with Crippen LogP contribution in [0.5, 0.6) is 11.5 Å². The molecule has 0 bridgehead atoms. The summed E-state index contributed by atoms with van der Waals surface area (Å²) in [5, 5.41) is 0.248. The number of hydrogen-bond donors (Lipinski definition) is 0. The normalized spacial score (nSPS) is 19.2. The van der Waals surface area contributed by atoms with Crippen LogP contribution in [0.25, 0.3) is 0 Å². The van der Waals surface area contributed by atoms with Crippen molar-refractivity contribution in [2.45, 2.75) is 18.2 Å². The highest BCUT2D eigenvalue weighted by Crippen LogP contribution is 2.38. The molecule has 0 atom stereocenters. The molecule has 0 N–H and O–H groups in total. The molecule has 13 heavy (non-hydrogen) atoms. The Kier molecular flexibility index (Phi) is 1.47. The van der Waals surface area contributed by atoms with E-state index < -0.39 is 0 Å². The average molecular weight is 197 g/mol. The molecule has 0 unspecified atom stereocenters. The zero-order chi connectivity index (χ0) is 8.84. The fourth-order valence-corrected chi connectivity index (χ4v) is 2.29. The minimum absolute atomic E-state index is 0.248. The van der Waals surface area contributed by atoms with Gasteiger partial charge in [-0.2, -0.15) is 0 Å². The van der Waals surface area contributed by atoms with Crippen LogP contribution < -0.4 is 9.47 Å². The number of benzene rings is 1. The zero-order valence-corrected chi connectivity index (χ0v) is 7.80. The molecule has 0 aromatic heterocycles. The van der Waals surface area contributed by atoms with Crippen LogP contribution in [0.3, 0.4) is 0 Å². The molecule has 3 rings (SSSR count). The van der Waals surface area contributed by atoms with Crippen molar-refractivity contribution in [2.75, 3.05) is 6.79 Å². The highest BCUT2D eigenvalue weighted by atomic mass is 35.5. The Labute approximate surface area is 81.4 Å². The van der Waals surface area contributed by atoms with Gasteiger partial charge in [0.2, 0.25) is 6.79 Å². The van der Waals surface area contributed by atoms with E-state index in [1.807, 2.05) is 0 Å². The van der Waals surface area contributed by atoms with Crippen LogP contribution in [0.2, 0.25) is 0 Å². The second-order valence-electron chi connectivity index (χ2n) is 3.48. The van der Waals surface area contributed by atoms with E-state index in [0.29, 0.717) is 6.79 Å². The van der Waals surface area contributed by atoms with Crippen molar-refractivity contribution in [2.24, 2.45) is 0 Å². The molecule has 1 aromatic carbocycles. The minimum Gasteiger partial charge on any atom is -0.454 e. The van der Waals surface area contributed by atoms with E-state index in [-0.39, 0.29) is 5.38 Å². The molecule has 2 nitrogen and oxygen atoms in total. The molecular formula is C10H9ClO2.